The Morgan fingerprint density at radius 1 is 1.59 bits per heavy atom. The predicted octanol–water partition coefficient (Wildman–Crippen LogP) is 1.32. The zero-order chi connectivity index (χ0) is 12.3. The molecule has 6 heteroatoms. The van der Waals surface area contributed by atoms with Gasteiger partial charge in [-0.15, -0.1) is 0 Å². The van der Waals surface area contributed by atoms with E-state index in [0.717, 1.165) is 30.6 Å². The van der Waals surface area contributed by atoms with Crippen LogP contribution < -0.4 is 5.32 Å². The summed E-state index contributed by atoms with van der Waals surface area (Å²) in [6, 6.07) is 0. The van der Waals surface area contributed by atoms with Gasteiger partial charge in [0.15, 0.2) is 0 Å². The molecule has 1 unspecified atom stereocenters. The first-order valence-electron chi connectivity index (χ1n) is 5.87. The summed E-state index contributed by atoms with van der Waals surface area (Å²) in [6.45, 7) is 0.916. The minimum atomic E-state index is -2.50. The van der Waals surface area contributed by atoms with E-state index in [-0.39, 0.29) is 0 Å². The van der Waals surface area contributed by atoms with Crippen molar-refractivity contribution in [1.29, 1.82) is 0 Å². The van der Waals surface area contributed by atoms with Crippen LogP contribution in [0.5, 0.6) is 0 Å². The largest absolute Gasteiger partial charge is 0.319 e. The highest BCUT2D eigenvalue weighted by Crippen LogP contribution is 2.19. The van der Waals surface area contributed by atoms with Gasteiger partial charge in [0.05, 0.1) is 6.54 Å². The van der Waals surface area contributed by atoms with E-state index in [2.05, 4.69) is 15.2 Å². The summed E-state index contributed by atoms with van der Waals surface area (Å²) in [7, 11) is 1.94. The van der Waals surface area contributed by atoms with Crippen LogP contribution >= 0.6 is 0 Å². The Morgan fingerprint density at radius 2 is 2.41 bits per heavy atom. The lowest BCUT2D eigenvalue weighted by atomic mass is 10.1. The topological polar surface area (TPSA) is 33.1 Å². The maximum Gasteiger partial charge on any atom is 0.319 e. The zero-order valence-corrected chi connectivity index (χ0v) is 9.94. The van der Waals surface area contributed by atoms with Crippen molar-refractivity contribution in [2.24, 2.45) is 5.92 Å². The van der Waals surface area contributed by atoms with Gasteiger partial charge in [-0.3, -0.25) is 9.47 Å². The van der Waals surface area contributed by atoms with E-state index >= 15 is 0 Å². The first kappa shape index (κ1) is 12.4. The molecule has 1 atom stereocenters. The summed E-state index contributed by atoms with van der Waals surface area (Å²) in [6.07, 6.45) is 3.89. The molecule has 0 aliphatic carbocycles. The molecule has 0 aromatic carbocycles. The van der Waals surface area contributed by atoms with Gasteiger partial charge < -0.3 is 5.32 Å². The number of hydrogen-bond donors (Lipinski definition) is 1. The molecule has 1 aliphatic rings. The second-order valence-electron chi connectivity index (χ2n) is 4.48. The molecule has 1 N–H and O–H groups in total. The lowest BCUT2D eigenvalue weighted by Gasteiger charge is -2.16. The molecule has 0 amide bonds. The van der Waals surface area contributed by atoms with Crippen molar-refractivity contribution in [2.45, 2.75) is 19.5 Å². The van der Waals surface area contributed by atoms with Gasteiger partial charge in [0, 0.05) is 18.9 Å². The van der Waals surface area contributed by atoms with Gasteiger partial charge in [-0.05, 0) is 32.5 Å². The Balaban J connectivity index is 1.91. The Bertz CT molecular complexity index is 353. The Hall–Kier alpha value is -1.01. The molecule has 0 bridgehead atoms. The molecule has 1 saturated heterocycles. The molecule has 2 rings (SSSR count). The summed E-state index contributed by atoms with van der Waals surface area (Å²) in [5.41, 5.74) is 0. The lowest BCUT2D eigenvalue weighted by molar-refractivity contribution is 0.0644. The number of hydrogen-bond acceptors (Lipinski definition) is 3. The molecular formula is C11H18F2N4. The SMILES string of the molecule is CNCC1CCN(Cc2nccn2C(F)F)C1. The van der Waals surface area contributed by atoms with Gasteiger partial charge in [0.25, 0.3) is 0 Å². The smallest absolute Gasteiger partial charge is 0.319 e. The van der Waals surface area contributed by atoms with Crippen LogP contribution in [0.4, 0.5) is 8.78 Å². The average molecular weight is 244 g/mol. The zero-order valence-electron chi connectivity index (χ0n) is 9.94. The standard InChI is InChI=1S/C11H18F2N4/c1-14-6-9-2-4-16(7-9)8-10-15-3-5-17(10)11(12)13/h3,5,9,11,14H,2,4,6-8H2,1H3. The number of nitrogens with one attached hydrogen (secondary N) is 1. The number of alkyl halides is 2. The second-order valence-corrected chi connectivity index (χ2v) is 4.48. The maximum atomic E-state index is 12.6. The van der Waals surface area contributed by atoms with Crippen molar-refractivity contribution in [3.63, 3.8) is 0 Å². The highest BCUT2D eigenvalue weighted by atomic mass is 19.3. The van der Waals surface area contributed by atoms with Crippen LogP contribution in [0.2, 0.25) is 0 Å². The molecule has 1 aromatic heterocycles. The number of halogens is 2. The summed E-state index contributed by atoms with van der Waals surface area (Å²) >= 11 is 0. The van der Waals surface area contributed by atoms with E-state index in [1.807, 2.05) is 7.05 Å². The Labute approximate surface area is 99.6 Å². The fourth-order valence-electron chi connectivity index (χ4n) is 2.36. The number of aromatic nitrogens is 2. The van der Waals surface area contributed by atoms with Gasteiger partial charge in [0.1, 0.15) is 5.82 Å². The summed E-state index contributed by atoms with van der Waals surface area (Å²) in [4.78, 5) is 6.18. The van der Waals surface area contributed by atoms with Crippen LogP contribution in [0.3, 0.4) is 0 Å². The molecule has 96 valence electrons. The predicted molar refractivity (Wildman–Crippen MR) is 60.8 cm³/mol. The molecule has 0 radical (unpaired) electrons. The lowest BCUT2D eigenvalue weighted by Crippen LogP contribution is -2.25. The third-order valence-corrected chi connectivity index (χ3v) is 3.19. The minimum absolute atomic E-state index is 0.449. The molecule has 1 aromatic rings. The van der Waals surface area contributed by atoms with E-state index in [1.165, 1.54) is 12.4 Å². The molecule has 1 aliphatic heterocycles. The third-order valence-electron chi connectivity index (χ3n) is 3.19. The monoisotopic (exact) mass is 244 g/mol. The fourth-order valence-corrected chi connectivity index (χ4v) is 2.36. The quantitative estimate of drug-likeness (QED) is 0.848. The van der Waals surface area contributed by atoms with E-state index in [9.17, 15) is 8.78 Å². The summed E-state index contributed by atoms with van der Waals surface area (Å²) < 4.78 is 26.2. The number of imidazole rings is 1. The molecule has 17 heavy (non-hydrogen) atoms. The van der Waals surface area contributed by atoms with Crippen molar-refractivity contribution >= 4 is 0 Å². The summed E-state index contributed by atoms with van der Waals surface area (Å²) in [5, 5.41) is 3.15. The maximum absolute atomic E-state index is 12.6. The van der Waals surface area contributed by atoms with Crippen LogP contribution in [-0.4, -0.2) is 41.1 Å². The first-order chi connectivity index (χ1) is 8.20. The second kappa shape index (κ2) is 5.55. The van der Waals surface area contributed by atoms with Gasteiger partial charge in [0.2, 0.25) is 0 Å². The van der Waals surface area contributed by atoms with Crippen molar-refractivity contribution in [3.8, 4) is 0 Å². The molecular weight excluding hydrogens is 226 g/mol. The van der Waals surface area contributed by atoms with Crippen molar-refractivity contribution in [1.82, 2.24) is 19.8 Å². The highest BCUT2D eigenvalue weighted by Gasteiger charge is 2.23. The van der Waals surface area contributed by atoms with Gasteiger partial charge in [-0.1, -0.05) is 0 Å². The number of rotatable bonds is 5. The van der Waals surface area contributed by atoms with Gasteiger partial charge >= 0.3 is 6.55 Å². The minimum Gasteiger partial charge on any atom is -0.319 e. The van der Waals surface area contributed by atoms with E-state index < -0.39 is 6.55 Å². The van der Waals surface area contributed by atoms with E-state index in [4.69, 9.17) is 0 Å². The normalized spacial score (nSPS) is 21.5. The Morgan fingerprint density at radius 3 is 3.12 bits per heavy atom. The fraction of sp³-hybridized carbons (Fsp3) is 0.727. The average Bonchev–Trinajstić information content (AvgIpc) is 2.89. The van der Waals surface area contributed by atoms with Crippen molar-refractivity contribution in [2.75, 3.05) is 26.7 Å². The molecule has 0 saturated carbocycles. The van der Waals surface area contributed by atoms with Crippen LogP contribution in [0.25, 0.3) is 0 Å². The van der Waals surface area contributed by atoms with Crippen LogP contribution in [0, 0.1) is 5.92 Å². The molecule has 4 nitrogen and oxygen atoms in total. The molecule has 0 spiro atoms. The van der Waals surface area contributed by atoms with Gasteiger partial charge in [-0.2, -0.15) is 8.78 Å². The summed E-state index contributed by atoms with van der Waals surface area (Å²) in [5.74, 6) is 1.07. The first-order valence-corrected chi connectivity index (χ1v) is 5.87. The number of nitrogens with zero attached hydrogens (tertiary/aromatic N) is 3. The van der Waals surface area contributed by atoms with E-state index in [0.29, 0.717) is 18.3 Å². The van der Waals surface area contributed by atoms with Crippen LogP contribution in [0.15, 0.2) is 12.4 Å². The Kier molecular flexibility index (Phi) is 4.06. The van der Waals surface area contributed by atoms with Crippen molar-refractivity contribution < 1.29 is 8.78 Å². The van der Waals surface area contributed by atoms with Crippen LogP contribution in [0.1, 0.15) is 18.8 Å². The molecule has 1 fully saturated rings. The van der Waals surface area contributed by atoms with Gasteiger partial charge in [-0.25, -0.2) is 4.98 Å². The third kappa shape index (κ3) is 3.01. The molecule has 2 heterocycles. The van der Waals surface area contributed by atoms with Crippen LogP contribution in [-0.2, 0) is 6.54 Å². The van der Waals surface area contributed by atoms with Crippen molar-refractivity contribution in [3.05, 3.63) is 18.2 Å². The highest BCUT2D eigenvalue weighted by molar-refractivity contribution is 4.94. The van der Waals surface area contributed by atoms with E-state index in [1.54, 1.807) is 0 Å². The number of likely N-dealkylation sites (tertiary alicyclic amines) is 1.